The minimum atomic E-state index is -0.446. The summed E-state index contributed by atoms with van der Waals surface area (Å²) in [5.74, 6) is 0.442. The number of benzene rings is 3. The van der Waals surface area contributed by atoms with Gasteiger partial charge in [-0.2, -0.15) is 0 Å². The second-order valence-electron chi connectivity index (χ2n) is 7.94. The summed E-state index contributed by atoms with van der Waals surface area (Å²) in [4.78, 5) is 38.8. The molecule has 35 heavy (non-hydrogen) atoms. The molecule has 8 heteroatoms. The molecule has 1 aliphatic rings. The largest absolute Gasteiger partial charge is 0.494 e. The van der Waals surface area contributed by atoms with Crippen molar-refractivity contribution in [2.45, 2.75) is 19.9 Å². The van der Waals surface area contributed by atoms with E-state index in [4.69, 9.17) is 14.2 Å². The van der Waals surface area contributed by atoms with Crippen LogP contribution in [0.2, 0.25) is 0 Å². The van der Waals surface area contributed by atoms with Gasteiger partial charge in [0.25, 0.3) is 5.91 Å². The van der Waals surface area contributed by atoms with Gasteiger partial charge in [0.15, 0.2) is 6.61 Å². The van der Waals surface area contributed by atoms with E-state index in [-0.39, 0.29) is 31.4 Å². The molecular formula is C27H26N2O6. The zero-order chi connectivity index (χ0) is 24.8. The summed E-state index contributed by atoms with van der Waals surface area (Å²) < 4.78 is 15.8. The van der Waals surface area contributed by atoms with Crippen molar-refractivity contribution in [1.82, 2.24) is 0 Å². The second kappa shape index (κ2) is 10.7. The lowest BCUT2D eigenvalue weighted by Crippen LogP contribution is -2.38. The minimum absolute atomic E-state index is 0.0901. The number of rotatable bonds is 8. The van der Waals surface area contributed by atoms with Crippen LogP contribution in [0.5, 0.6) is 11.5 Å². The first kappa shape index (κ1) is 23.8. The normalized spacial score (nSPS) is 12.4. The number of nitrogens with zero attached hydrogens (tertiary/aromatic N) is 1. The van der Waals surface area contributed by atoms with Crippen LogP contribution in [0.15, 0.2) is 66.7 Å². The fourth-order valence-electron chi connectivity index (χ4n) is 3.81. The van der Waals surface area contributed by atoms with Gasteiger partial charge in [0.2, 0.25) is 5.91 Å². The van der Waals surface area contributed by atoms with Gasteiger partial charge in [-0.25, -0.2) is 4.79 Å². The Labute approximate surface area is 203 Å². The van der Waals surface area contributed by atoms with Crippen LogP contribution in [0.3, 0.4) is 0 Å². The predicted molar refractivity (Wildman–Crippen MR) is 131 cm³/mol. The average Bonchev–Trinajstić information content (AvgIpc) is 2.87. The molecule has 0 atom stereocenters. The Morgan fingerprint density at radius 1 is 1.03 bits per heavy atom. The molecule has 0 aromatic heterocycles. The van der Waals surface area contributed by atoms with E-state index in [0.717, 1.165) is 16.9 Å². The van der Waals surface area contributed by atoms with E-state index >= 15 is 0 Å². The highest BCUT2D eigenvalue weighted by molar-refractivity contribution is 6.00. The first-order valence-electron chi connectivity index (χ1n) is 11.2. The van der Waals surface area contributed by atoms with E-state index in [0.29, 0.717) is 29.3 Å². The average molecular weight is 475 g/mol. The smallest absolute Gasteiger partial charge is 0.337 e. The van der Waals surface area contributed by atoms with Crippen LogP contribution >= 0.6 is 0 Å². The predicted octanol–water partition coefficient (Wildman–Crippen LogP) is 3.98. The molecule has 2 amide bonds. The van der Waals surface area contributed by atoms with Crippen molar-refractivity contribution in [3.63, 3.8) is 0 Å². The summed E-state index contributed by atoms with van der Waals surface area (Å²) >= 11 is 0. The lowest BCUT2D eigenvalue weighted by Gasteiger charge is -2.30. The molecule has 0 aliphatic carbocycles. The van der Waals surface area contributed by atoms with Gasteiger partial charge in [-0.1, -0.05) is 24.3 Å². The van der Waals surface area contributed by atoms with E-state index in [2.05, 4.69) is 5.32 Å². The summed E-state index contributed by atoms with van der Waals surface area (Å²) in [6.07, 6.45) is 0.197. The van der Waals surface area contributed by atoms with Crippen molar-refractivity contribution in [3.05, 3.63) is 83.4 Å². The molecule has 1 N–H and O–H groups in total. The third-order valence-electron chi connectivity index (χ3n) is 5.47. The Kier molecular flexibility index (Phi) is 7.30. The van der Waals surface area contributed by atoms with Crippen LogP contribution in [-0.4, -0.2) is 38.1 Å². The van der Waals surface area contributed by atoms with Gasteiger partial charge in [-0.3, -0.25) is 9.59 Å². The molecular weight excluding hydrogens is 448 g/mol. The molecule has 3 aromatic carbocycles. The molecule has 180 valence electrons. The zero-order valence-corrected chi connectivity index (χ0v) is 19.6. The summed E-state index contributed by atoms with van der Waals surface area (Å²) in [7, 11) is 1.32. The van der Waals surface area contributed by atoms with Crippen molar-refractivity contribution in [2.24, 2.45) is 0 Å². The lowest BCUT2D eigenvalue weighted by atomic mass is 10.1. The van der Waals surface area contributed by atoms with Crippen molar-refractivity contribution < 1.29 is 28.6 Å². The fourth-order valence-corrected chi connectivity index (χ4v) is 3.81. The van der Waals surface area contributed by atoms with Gasteiger partial charge in [-0.15, -0.1) is 0 Å². The fraction of sp³-hybridized carbons (Fsp3) is 0.222. The molecule has 0 radical (unpaired) electrons. The number of ether oxygens (including phenoxy) is 3. The molecule has 0 spiro atoms. The zero-order valence-electron chi connectivity index (χ0n) is 19.6. The van der Waals surface area contributed by atoms with Crippen LogP contribution in [0, 0.1) is 0 Å². The van der Waals surface area contributed by atoms with Crippen LogP contribution in [0.1, 0.15) is 28.4 Å². The number of fused-ring (bicyclic) bond motifs is 1. The molecule has 4 rings (SSSR count). The molecule has 0 saturated heterocycles. The highest BCUT2D eigenvalue weighted by Crippen LogP contribution is 2.35. The number of nitrogens with one attached hydrogen (secondary N) is 1. The second-order valence-corrected chi connectivity index (χ2v) is 7.94. The Balaban J connectivity index is 1.49. The summed E-state index contributed by atoms with van der Waals surface area (Å²) in [5.41, 5.74) is 3.12. The van der Waals surface area contributed by atoms with Crippen LogP contribution < -0.4 is 19.7 Å². The maximum atomic E-state index is 12.7. The number of hydrogen-bond acceptors (Lipinski definition) is 6. The van der Waals surface area contributed by atoms with E-state index in [9.17, 15) is 14.4 Å². The maximum absolute atomic E-state index is 12.7. The lowest BCUT2D eigenvalue weighted by molar-refractivity contribution is -0.121. The highest BCUT2D eigenvalue weighted by Gasteiger charge is 2.26. The van der Waals surface area contributed by atoms with Crippen LogP contribution in [0.25, 0.3) is 0 Å². The van der Waals surface area contributed by atoms with Gasteiger partial charge in [0.05, 0.1) is 37.9 Å². The molecule has 0 unspecified atom stereocenters. The molecule has 0 saturated carbocycles. The summed E-state index contributed by atoms with van der Waals surface area (Å²) in [6.45, 7) is 2.65. The van der Waals surface area contributed by atoms with Crippen molar-refractivity contribution >= 4 is 29.2 Å². The van der Waals surface area contributed by atoms with Crippen molar-refractivity contribution in [3.8, 4) is 11.5 Å². The van der Waals surface area contributed by atoms with E-state index in [1.54, 1.807) is 41.3 Å². The first-order valence-corrected chi connectivity index (χ1v) is 11.2. The Morgan fingerprint density at radius 2 is 1.83 bits per heavy atom. The van der Waals surface area contributed by atoms with E-state index in [1.165, 1.54) is 7.11 Å². The highest BCUT2D eigenvalue weighted by atomic mass is 16.5. The summed E-state index contributed by atoms with van der Waals surface area (Å²) in [5, 5.41) is 2.89. The van der Waals surface area contributed by atoms with E-state index < -0.39 is 5.97 Å². The summed E-state index contributed by atoms with van der Waals surface area (Å²) in [6, 6.07) is 19.5. The van der Waals surface area contributed by atoms with E-state index in [1.807, 2.05) is 37.3 Å². The Morgan fingerprint density at radius 3 is 2.57 bits per heavy atom. The van der Waals surface area contributed by atoms with Crippen LogP contribution in [0.4, 0.5) is 11.4 Å². The standard InChI is InChI=1S/C27H26N2O6/c1-3-34-22-10-7-18(8-11-22)14-25(30)28-21-9-12-24-23(15-21)29(26(31)17-35-24)16-19-5-4-6-20(13-19)27(32)33-2/h4-13,15H,3,14,16-17H2,1-2H3,(H,28,30). The topological polar surface area (TPSA) is 94.2 Å². The molecule has 0 bridgehead atoms. The molecule has 3 aromatic rings. The molecule has 8 nitrogen and oxygen atoms in total. The third kappa shape index (κ3) is 5.78. The number of amides is 2. The van der Waals surface area contributed by atoms with Crippen LogP contribution in [-0.2, 0) is 27.3 Å². The van der Waals surface area contributed by atoms with Gasteiger partial charge in [0, 0.05) is 5.69 Å². The van der Waals surface area contributed by atoms with Gasteiger partial charge < -0.3 is 24.4 Å². The maximum Gasteiger partial charge on any atom is 0.337 e. The number of carbonyl (C=O) groups is 3. The van der Waals surface area contributed by atoms with Gasteiger partial charge >= 0.3 is 5.97 Å². The molecule has 1 aliphatic heterocycles. The number of carbonyl (C=O) groups excluding carboxylic acids is 3. The number of anilines is 2. The van der Waals surface area contributed by atoms with Gasteiger partial charge in [-0.05, 0) is 60.5 Å². The first-order chi connectivity index (χ1) is 17.0. The molecule has 0 fully saturated rings. The van der Waals surface area contributed by atoms with Crippen molar-refractivity contribution in [1.29, 1.82) is 0 Å². The Hall–Kier alpha value is -4.33. The van der Waals surface area contributed by atoms with Gasteiger partial charge in [0.1, 0.15) is 11.5 Å². The quantitative estimate of drug-likeness (QED) is 0.497. The minimum Gasteiger partial charge on any atom is -0.494 e. The Bertz CT molecular complexity index is 1240. The number of esters is 1. The van der Waals surface area contributed by atoms with Crippen molar-refractivity contribution in [2.75, 3.05) is 30.5 Å². The molecule has 1 heterocycles. The monoisotopic (exact) mass is 474 g/mol. The third-order valence-corrected chi connectivity index (χ3v) is 5.47. The SMILES string of the molecule is CCOc1ccc(CC(=O)Nc2ccc3c(c2)N(Cc2cccc(C(=O)OC)c2)C(=O)CO3)cc1. The number of hydrogen-bond donors (Lipinski definition) is 1. The number of methoxy groups -OCH3 is 1.